The molecule has 0 aliphatic carbocycles. The lowest BCUT2D eigenvalue weighted by Crippen LogP contribution is -2.49. The van der Waals surface area contributed by atoms with Gasteiger partial charge in [0.25, 0.3) is 5.91 Å². The van der Waals surface area contributed by atoms with E-state index in [1.165, 1.54) is 16.8 Å². The predicted octanol–water partition coefficient (Wildman–Crippen LogP) is 5.59. The van der Waals surface area contributed by atoms with E-state index >= 15 is 0 Å². The highest BCUT2D eigenvalue weighted by Gasteiger charge is 2.33. The van der Waals surface area contributed by atoms with Gasteiger partial charge in [-0.1, -0.05) is 17.7 Å². The van der Waals surface area contributed by atoms with Gasteiger partial charge in [0.1, 0.15) is 5.75 Å². The fourth-order valence-corrected chi connectivity index (χ4v) is 4.31. The first-order valence-corrected chi connectivity index (χ1v) is 10.8. The van der Waals surface area contributed by atoms with Crippen LogP contribution in [0.5, 0.6) is 5.75 Å². The van der Waals surface area contributed by atoms with Gasteiger partial charge in [-0.3, -0.25) is 4.79 Å². The Kier molecular flexibility index (Phi) is 6.75. The lowest BCUT2D eigenvalue weighted by atomic mass is 9.86. The van der Waals surface area contributed by atoms with E-state index in [-0.39, 0.29) is 18.1 Å². The summed E-state index contributed by atoms with van der Waals surface area (Å²) in [7, 11) is 0. The minimum Gasteiger partial charge on any atom is -0.484 e. The van der Waals surface area contributed by atoms with Crippen LogP contribution in [0, 0.1) is 6.92 Å². The van der Waals surface area contributed by atoms with Crippen LogP contribution in [-0.2, 0) is 4.79 Å². The zero-order valence-corrected chi connectivity index (χ0v) is 19.7. The maximum atomic E-state index is 12.0. The molecule has 1 N–H and O–H groups in total. The van der Waals surface area contributed by atoms with Crippen LogP contribution in [0.2, 0.25) is 5.02 Å². The summed E-state index contributed by atoms with van der Waals surface area (Å²) >= 11 is 5.84. The van der Waals surface area contributed by atoms with Gasteiger partial charge in [-0.25, -0.2) is 5.43 Å². The third-order valence-corrected chi connectivity index (χ3v) is 5.60. The van der Waals surface area contributed by atoms with E-state index < -0.39 is 0 Å². The number of hydrazone groups is 1. The average molecular weight is 440 g/mol. The monoisotopic (exact) mass is 439 g/mol. The number of anilines is 1. The molecule has 2 aromatic carbocycles. The molecule has 0 unspecified atom stereocenters. The molecule has 1 amide bonds. The molecule has 2 aromatic rings. The molecule has 0 saturated carbocycles. The first-order valence-electron chi connectivity index (χ1n) is 10.4. The number of nitrogens with zero attached hydrogens (tertiary/aromatic N) is 2. The van der Waals surface area contributed by atoms with Crippen molar-refractivity contribution in [1.82, 2.24) is 5.43 Å². The SMILES string of the molecule is CC1=CC(C)(C)N(C(C)C)c2cc(C)c(/C=N/NC(=O)COc3ccc(Cl)cc3)cc21. The Bertz CT molecular complexity index is 1020. The maximum absolute atomic E-state index is 12.0. The van der Waals surface area contributed by atoms with Crippen LogP contribution in [0.4, 0.5) is 5.69 Å². The highest BCUT2D eigenvalue weighted by Crippen LogP contribution is 2.41. The number of aryl methyl sites for hydroxylation is 1. The van der Waals surface area contributed by atoms with Crippen LogP contribution in [0.15, 0.2) is 47.6 Å². The summed E-state index contributed by atoms with van der Waals surface area (Å²) in [6, 6.07) is 11.6. The van der Waals surface area contributed by atoms with Crippen molar-refractivity contribution in [3.63, 3.8) is 0 Å². The molecule has 0 aromatic heterocycles. The molecule has 1 aliphatic heterocycles. The van der Waals surface area contributed by atoms with Gasteiger partial charge < -0.3 is 9.64 Å². The number of halogens is 1. The molecule has 31 heavy (non-hydrogen) atoms. The van der Waals surface area contributed by atoms with Gasteiger partial charge in [-0.2, -0.15) is 5.10 Å². The number of allylic oxidation sites excluding steroid dienone is 1. The van der Waals surface area contributed by atoms with Gasteiger partial charge in [0, 0.05) is 22.3 Å². The lowest BCUT2D eigenvalue weighted by molar-refractivity contribution is -0.123. The van der Waals surface area contributed by atoms with Crippen molar-refractivity contribution in [2.24, 2.45) is 5.10 Å². The normalized spacial score (nSPS) is 15.1. The average Bonchev–Trinajstić information content (AvgIpc) is 2.67. The van der Waals surface area contributed by atoms with Crippen molar-refractivity contribution in [1.29, 1.82) is 0 Å². The van der Waals surface area contributed by atoms with Crippen molar-refractivity contribution in [2.45, 2.75) is 53.1 Å². The number of carbonyl (C=O) groups is 1. The van der Waals surface area contributed by atoms with E-state index in [9.17, 15) is 4.79 Å². The van der Waals surface area contributed by atoms with Crippen molar-refractivity contribution >= 4 is 35.0 Å². The number of amides is 1. The molecule has 3 rings (SSSR count). The second kappa shape index (κ2) is 9.15. The molecule has 0 bridgehead atoms. The Hall–Kier alpha value is -2.79. The molecular formula is C25H30ClN3O2. The molecule has 0 atom stereocenters. The number of rotatable bonds is 6. The Labute approximate surface area is 189 Å². The van der Waals surface area contributed by atoms with Crippen molar-refractivity contribution in [3.8, 4) is 5.75 Å². The predicted molar refractivity (Wildman–Crippen MR) is 129 cm³/mol. The summed E-state index contributed by atoms with van der Waals surface area (Å²) in [5.41, 5.74) is 8.21. The largest absolute Gasteiger partial charge is 0.484 e. The summed E-state index contributed by atoms with van der Waals surface area (Å²) in [4.78, 5) is 14.5. The van der Waals surface area contributed by atoms with E-state index in [2.05, 4.69) is 75.2 Å². The first-order chi connectivity index (χ1) is 14.6. The minimum absolute atomic E-state index is 0.0502. The molecule has 0 fully saturated rings. The highest BCUT2D eigenvalue weighted by atomic mass is 35.5. The second-order valence-corrected chi connectivity index (χ2v) is 9.14. The van der Waals surface area contributed by atoms with Gasteiger partial charge in [0.15, 0.2) is 6.61 Å². The van der Waals surface area contributed by atoms with Gasteiger partial charge in [-0.15, -0.1) is 0 Å². The van der Waals surface area contributed by atoms with Crippen molar-refractivity contribution < 1.29 is 9.53 Å². The summed E-state index contributed by atoms with van der Waals surface area (Å²) in [6.45, 7) is 13.0. The summed E-state index contributed by atoms with van der Waals surface area (Å²) in [5.74, 6) is 0.250. The Morgan fingerprint density at radius 2 is 1.90 bits per heavy atom. The molecule has 6 heteroatoms. The van der Waals surface area contributed by atoms with Crippen LogP contribution in [0.3, 0.4) is 0 Å². The standard InChI is InChI=1S/C25H30ClN3O2/c1-16(2)29-23-11-17(3)19(12-22(23)18(4)13-25(29,5)6)14-27-28-24(30)15-31-21-9-7-20(26)8-10-21/h7-14,16H,15H2,1-6H3,(H,28,30)/b27-14+. The fourth-order valence-electron chi connectivity index (χ4n) is 4.18. The van der Waals surface area contributed by atoms with Crippen LogP contribution in [0.25, 0.3) is 5.57 Å². The molecule has 0 radical (unpaired) electrons. The number of benzene rings is 2. The number of fused-ring (bicyclic) bond motifs is 1. The van der Waals surface area contributed by atoms with Crippen LogP contribution in [-0.4, -0.2) is 30.3 Å². The topological polar surface area (TPSA) is 53.9 Å². The third-order valence-electron chi connectivity index (χ3n) is 5.35. The lowest BCUT2D eigenvalue weighted by Gasteiger charge is -2.46. The van der Waals surface area contributed by atoms with Gasteiger partial charge in [-0.05, 0) is 94.6 Å². The molecule has 1 heterocycles. The Morgan fingerprint density at radius 1 is 1.23 bits per heavy atom. The Morgan fingerprint density at radius 3 is 2.55 bits per heavy atom. The number of hydrogen-bond acceptors (Lipinski definition) is 4. The third kappa shape index (κ3) is 5.28. The highest BCUT2D eigenvalue weighted by molar-refractivity contribution is 6.30. The van der Waals surface area contributed by atoms with Gasteiger partial charge in [0.05, 0.1) is 11.8 Å². The smallest absolute Gasteiger partial charge is 0.277 e. The zero-order valence-electron chi connectivity index (χ0n) is 19.0. The fraction of sp³-hybridized carbons (Fsp3) is 0.360. The van der Waals surface area contributed by atoms with E-state index in [1.807, 2.05) is 0 Å². The molecule has 1 aliphatic rings. The maximum Gasteiger partial charge on any atom is 0.277 e. The zero-order chi connectivity index (χ0) is 22.8. The molecule has 5 nitrogen and oxygen atoms in total. The quantitative estimate of drug-likeness (QED) is 0.471. The van der Waals surface area contributed by atoms with Gasteiger partial charge >= 0.3 is 0 Å². The van der Waals surface area contributed by atoms with Crippen LogP contribution >= 0.6 is 11.6 Å². The molecular weight excluding hydrogens is 410 g/mol. The number of nitrogens with one attached hydrogen (secondary N) is 1. The first kappa shape index (κ1) is 22.9. The second-order valence-electron chi connectivity index (χ2n) is 8.71. The number of ether oxygens (including phenoxy) is 1. The summed E-state index contributed by atoms with van der Waals surface area (Å²) < 4.78 is 5.43. The van der Waals surface area contributed by atoms with E-state index in [4.69, 9.17) is 16.3 Å². The van der Waals surface area contributed by atoms with E-state index in [0.717, 1.165) is 11.1 Å². The van der Waals surface area contributed by atoms with Crippen molar-refractivity contribution in [2.75, 3.05) is 11.5 Å². The molecule has 164 valence electrons. The molecule has 0 saturated heterocycles. The van der Waals surface area contributed by atoms with Crippen molar-refractivity contribution in [3.05, 3.63) is 64.2 Å². The van der Waals surface area contributed by atoms with E-state index in [1.54, 1.807) is 30.5 Å². The minimum atomic E-state index is -0.328. The van der Waals surface area contributed by atoms with E-state index in [0.29, 0.717) is 16.8 Å². The Balaban J connectivity index is 1.71. The van der Waals surface area contributed by atoms with Crippen LogP contribution in [0.1, 0.15) is 51.3 Å². The molecule has 0 spiro atoms. The summed E-state index contributed by atoms with van der Waals surface area (Å²) in [6.07, 6.45) is 3.99. The number of carbonyl (C=O) groups excluding carboxylic acids is 1. The number of hydrogen-bond donors (Lipinski definition) is 1. The van der Waals surface area contributed by atoms with Crippen LogP contribution < -0.4 is 15.1 Å². The summed E-state index contributed by atoms with van der Waals surface area (Å²) in [5, 5.41) is 4.74. The van der Waals surface area contributed by atoms with Gasteiger partial charge in [0.2, 0.25) is 0 Å².